The van der Waals surface area contributed by atoms with E-state index >= 15 is 0 Å². The van der Waals surface area contributed by atoms with Crippen LogP contribution in [0.15, 0.2) is 48.5 Å². The van der Waals surface area contributed by atoms with Crippen molar-refractivity contribution in [2.75, 3.05) is 23.7 Å². The molecule has 2 aromatic rings. The van der Waals surface area contributed by atoms with Crippen molar-refractivity contribution in [3.05, 3.63) is 59.9 Å². The van der Waals surface area contributed by atoms with Crippen LogP contribution in [0.2, 0.25) is 0 Å². The molecular formula is C22H26FN3O2. The highest BCUT2D eigenvalue weighted by atomic mass is 19.1. The molecule has 6 heteroatoms. The van der Waals surface area contributed by atoms with E-state index < -0.39 is 5.82 Å². The summed E-state index contributed by atoms with van der Waals surface area (Å²) in [5, 5.41) is 8.80. The van der Waals surface area contributed by atoms with Crippen molar-refractivity contribution >= 4 is 23.2 Å². The maximum absolute atomic E-state index is 13.6. The largest absolute Gasteiger partial charge is 0.326 e. The second kappa shape index (κ2) is 9.99. The van der Waals surface area contributed by atoms with Crippen LogP contribution in [0.5, 0.6) is 0 Å². The first-order valence-corrected chi connectivity index (χ1v) is 9.74. The van der Waals surface area contributed by atoms with Gasteiger partial charge >= 0.3 is 0 Å². The van der Waals surface area contributed by atoms with Gasteiger partial charge in [-0.3, -0.25) is 9.59 Å². The van der Waals surface area contributed by atoms with Crippen molar-refractivity contribution in [3.63, 3.8) is 0 Å². The average Bonchev–Trinajstić information content (AvgIpc) is 2.70. The first-order valence-electron chi connectivity index (χ1n) is 9.74. The van der Waals surface area contributed by atoms with Crippen LogP contribution in [0.3, 0.4) is 0 Å². The maximum Gasteiger partial charge on any atom is 0.228 e. The number of carbonyl (C=O) groups is 2. The SMILES string of the molecule is O=C(CCC1CCNCC1)Nc1ccc(CC(=O)Nc2ccccc2F)cc1. The third-order valence-corrected chi connectivity index (χ3v) is 4.99. The summed E-state index contributed by atoms with van der Waals surface area (Å²) < 4.78 is 13.6. The molecule has 0 aromatic heterocycles. The molecule has 28 heavy (non-hydrogen) atoms. The van der Waals surface area contributed by atoms with Gasteiger partial charge in [-0.05, 0) is 68.1 Å². The van der Waals surface area contributed by atoms with E-state index in [0.717, 1.165) is 37.9 Å². The van der Waals surface area contributed by atoms with E-state index in [9.17, 15) is 14.0 Å². The highest BCUT2D eigenvalue weighted by Crippen LogP contribution is 2.19. The van der Waals surface area contributed by atoms with Gasteiger partial charge in [-0.15, -0.1) is 0 Å². The monoisotopic (exact) mass is 383 g/mol. The normalized spacial score (nSPS) is 14.5. The quantitative estimate of drug-likeness (QED) is 0.682. The van der Waals surface area contributed by atoms with E-state index in [2.05, 4.69) is 16.0 Å². The summed E-state index contributed by atoms with van der Waals surface area (Å²) >= 11 is 0. The number of carbonyl (C=O) groups excluding carboxylic acids is 2. The fourth-order valence-electron chi connectivity index (χ4n) is 3.38. The summed E-state index contributed by atoms with van der Waals surface area (Å²) in [4.78, 5) is 24.2. The molecule has 5 nitrogen and oxygen atoms in total. The van der Waals surface area contributed by atoms with E-state index in [4.69, 9.17) is 0 Å². The highest BCUT2D eigenvalue weighted by Gasteiger charge is 2.14. The van der Waals surface area contributed by atoms with E-state index in [1.807, 2.05) is 0 Å². The van der Waals surface area contributed by atoms with E-state index in [1.165, 1.54) is 12.1 Å². The number of rotatable bonds is 7. The molecule has 2 amide bonds. The van der Waals surface area contributed by atoms with E-state index in [-0.39, 0.29) is 23.9 Å². The number of para-hydroxylation sites is 1. The Bertz CT molecular complexity index is 802. The van der Waals surface area contributed by atoms with Crippen molar-refractivity contribution in [2.24, 2.45) is 5.92 Å². The molecule has 0 spiro atoms. The smallest absolute Gasteiger partial charge is 0.228 e. The Balaban J connectivity index is 1.44. The van der Waals surface area contributed by atoms with Crippen LogP contribution in [0.25, 0.3) is 0 Å². The minimum atomic E-state index is -0.460. The average molecular weight is 383 g/mol. The van der Waals surface area contributed by atoms with Gasteiger partial charge in [-0.2, -0.15) is 0 Å². The number of halogens is 1. The molecule has 1 saturated heterocycles. The molecule has 1 heterocycles. The molecular weight excluding hydrogens is 357 g/mol. The lowest BCUT2D eigenvalue weighted by molar-refractivity contribution is -0.117. The number of hydrogen-bond donors (Lipinski definition) is 3. The zero-order valence-corrected chi connectivity index (χ0v) is 15.8. The Morgan fingerprint density at radius 1 is 0.964 bits per heavy atom. The molecule has 3 rings (SSSR count). The van der Waals surface area contributed by atoms with Crippen molar-refractivity contribution < 1.29 is 14.0 Å². The minimum Gasteiger partial charge on any atom is -0.326 e. The lowest BCUT2D eigenvalue weighted by Gasteiger charge is -2.22. The predicted octanol–water partition coefficient (Wildman–Crippen LogP) is 3.73. The topological polar surface area (TPSA) is 70.2 Å². The first-order chi connectivity index (χ1) is 13.6. The Morgan fingerprint density at radius 3 is 2.39 bits per heavy atom. The van der Waals surface area contributed by atoms with Gasteiger partial charge in [0.15, 0.2) is 0 Å². The third kappa shape index (κ3) is 6.16. The Kier molecular flexibility index (Phi) is 7.14. The molecule has 0 saturated carbocycles. The molecule has 1 fully saturated rings. The summed E-state index contributed by atoms with van der Waals surface area (Å²) in [6.45, 7) is 2.08. The molecule has 0 aliphatic carbocycles. The van der Waals surface area contributed by atoms with E-state index in [0.29, 0.717) is 18.0 Å². The number of amides is 2. The molecule has 148 valence electrons. The molecule has 0 atom stereocenters. The zero-order valence-electron chi connectivity index (χ0n) is 15.8. The zero-order chi connectivity index (χ0) is 19.8. The number of benzene rings is 2. The van der Waals surface area contributed by atoms with Crippen molar-refractivity contribution in [3.8, 4) is 0 Å². The van der Waals surface area contributed by atoms with Gasteiger partial charge in [-0.25, -0.2) is 4.39 Å². The molecule has 1 aliphatic rings. The van der Waals surface area contributed by atoms with Crippen molar-refractivity contribution in [2.45, 2.75) is 32.1 Å². The molecule has 2 aromatic carbocycles. The first kappa shape index (κ1) is 20.0. The van der Waals surface area contributed by atoms with Crippen LogP contribution < -0.4 is 16.0 Å². The van der Waals surface area contributed by atoms with Gasteiger partial charge < -0.3 is 16.0 Å². The van der Waals surface area contributed by atoms with Crippen LogP contribution in [0, 0.1) is 11.7 Å². The second-order valence-corrected chi connectivity index (χ2v) is 7.18. The van der Waals surface area contributed by atoms with Gasteiger partial charge in [0.1, 0.15) is 5.82 Å². The molecule has 3 N–H and O–H groups in total. The molecule has 0 bridgehead atoms. The van der Waals surface area contributed by atoms with Crippen LogP contribution in [-0.4, -0.2) is 24.9 Å². The molecule has 1 aliphatic heterocycles. The van der Waals surface area contributed by atoms with Crippen molar-refractivity contribution in [1.82, 2.24) is 5.32 Å². The van der Waals surface area contributed by atoms with Gasteiger partial charge in [0.05, 0.1) is 12.1 Å². The van der Waals surface area contributed by atoms with Crippen LogP contribution in [0.4, 0.5) is 15.8 Å². The Labute approximate surface area is 164 Å². The fourth-order valence-corrected chi connectivity index (χ4v) is 3.38. The third-order valence-electron chi connectivity index (χ3n) is 4.99. The number of piperidine rings is 1. The highest BCUT2D eigenvalue weighted by molar-refractivity contribution is 5.93. The van der Waals surface area contributed by atoms with Gasteiger partial charge in [0.2, 0.25) is 11.8 Å². The Morgan fingerprint density at radius 2 is 1.68 bits per heavy atom. The van der Waals surface area contributed by atoms with Gasteiger partial charge in [-0.1, -0.05) is 24.3 Å². The second-order valence-electron chi connectivity index (χ2n) is 7.18. The number of nitrogens with one attached hydrogen (secondary N) is 3. The predicted molar refractivity (Wildman–Crippen MR) is 109 cm³/mol. The number of hydrogen-bond acceptors (Lipinski definition) is 3. The standard InChI is InChI=1S/C22H26FN3O2/c23-19-3-1-2-4-20(19)26-22(28)15-17-5-8-18(9-6-17)25-21(27)10-7-16-11-13-24-14-12-16/h1-6,8-9,16,24H,7,10-15H2,(H,25,27)(H,26,28). The fraction of sp³-hybridized carbons (Fsp3) is 0.364. The van der Waals surface area contributed by atoms with Crippen LogP contribution >= 0.6 is 0 Å². The summed E-state index contributed by atoms with van der Waals surface area (Å²) in [6.07, 6.45) is 3.85. The van der Waals surface area contributed by atoms with Gasteiger partial charge in [0.25, 0.3) is 0 Å². The van der Waals surface area contributed by atoms with Gasteiger partial charge in [0, 0.05) is 12.1 Å². The van der Waals surface area contributed by atoms with Crippen LogP contribution in [-0.2, 0) is 16.0 Å². The minimum absolute atomic E-state index is 0.0172. The summed E-state index contributed by atoms with van der Waals surface area (Å²) in [5.41, 5.74) is 1.68. The summed E-state index contributed by atoms with van der Waals surface area (Å²) in [5.74, 6) is -0.104. The number of anilines is 2. The lowest BCUT2D eigenvalue weighted by Crippen LogP contribution is -2.28. The summed E-state index contributed by atoms with van der Waals surface area (Å²) in [7, 11) is 0. The van der Waals surface area contributed by atoms with E-state index in [1.54, 1.807) is 36.4 Å². The molecule has 0 radical (unpaired) electrons. The molecule has 0 unspecified atom stereocenters. The van der Waals surface area contributed by atoms with Crippen molar-refractivity contribution in [1.29, 1.82) is 0 Å². The summed E-state index contributed by atoms with van der Waals surface area (Å²) in [6, 6.07) is 13.2. The Hall–Kier alpha value is -2.73. The van der Waals surface area contributed by atoms with Crippen LogP contribution in [0.1, 0.15) is 31.2 Å². The maximum atomic E-state index is 13.6. The lowest BCUT2D eigenvalue weighted by atomic mass is 9.93.